The highest BCUT2D eigenvalue weighted by Gasteiger charge is 2.33. The monoisotopic (exact) mass is 849 g/mol. The predicted molar refractivity (Wildman–Crippen MR) is 238 cm³/mol. The molecule has 0 aliphatic carbocycles. The third kappa shape index (κ3) is 11.9. The van der Waals surface area contributed by atoms with Crippen LogP contribution in [0.5, 0.6) is 0 Å². The third-order valence-electron chi connectivity index (χ3n) is 10.0. The van der Waals surface area contributed by atoms with Gasteiger partial charge in [-0.25, -0.2) is 13.2 Å². The summed E-state index contributed by atoms with van der Waals surface area (Å²) >= 11 is 12.2. The molecule has 5 aromatic rings. The van der Waals surface area contributed by atoms with Gasteiger partial charge in [0.1, 0.15) is 5.65 Å². The third-order valence-corrected chi connectivity index (χ3v) is 12.6. The van der Waals surface area contributed by atoms with Crippen molar-refractivity contribution in [1.82, 2.24) is 29.5 Å². The summed E-state index contributed by atoms with van der Waals surface area (Å²) in [6, 6.07) is 22.5. The molecule has 58 heavy (non-hydrogen) atoms. The summed E-state index contributed by atoms with van der Waals surface area (Å²) in [5.74, 6) is 0.123. The Hall–Kier alpha value is -4.24. The van der Waals surface area contributed by atoms with Crippen molar-refractivity contribution >= 4 is 50.2 Å². The molecule has 6 rings (SSSR count). The topological polar surface area (TPSA) is 177 Å². The molecule has 3 aromatic carbocycles. The van der Waals surface area contributed by atoms with E-state index in [-0.39, 0.29) is 35.1 Å². The maximum atomic E-state index is 13.7. The van der Waals surface area contributed by atoms with E-state index in [0.29, 0.717) is 27.1 Å². The fourth-order valence-electron chi connectivity index (χ4n) is 6.58. The first kappa shape index (κ1) is 44.9. The first-order valence-electron chi connectivity index (χ1n) is 19.6. The lowest BCUT2D eigenvalue weighted by Crippen LogP contribution is -2.45. The zero-order valence-electron chi connectivity index (χ0n) is 34.3. The summed E-state index contributed by atoms with van der Waals surface area (Å²) in [7, 11) is -3.68. The largest absolute Gasteiger partial charge is 0.370 e. The zero-order valence-corrected chi connectivity index (χ0v) is 36.6. The standard InChI is InChI=1S/C22H28Cl2N2O2S.C21H29N7O/c1-22(2,3)17-5-4-6-19(14-17)29(27,28)26(18-9-11-25-12-10-18)15-16-7-8-20(23)21(24)13-16;1-21(2,3)17-11-15-13-28(20(29)27-18(15)26-17)16-7-5-14(6-8-16)12-24-9-4-10-25-19(22)23/h4-8,13-14,18,25H,9-12,15H2,1-3H3;5-8,11,13,24H,4,9-10,12H2,1-3H3,(H4,22,23,25)(H,26,27,29). The van der Waals surface area contributed by atoms with E-state index in [9.17, 15) is 13.2 Å². The summed E-state index contributed by atoms with van der Waals surface area (Å²) in [6.45, 7) is 16.7. The minimum atomic E-state index is -3.68. The van der Waals surface area contributed by atoms with Crippen LogP contribution in [-0.2, 0) is 33.9 Å². The van der Waals surface area contributed by atoms with Crippen molar-refractivity contribution in [3.05, 3.63) is 122 Å². The van der Waals surface area contributed by atoms with Crippen molar-refractivity contribution in [1.29, 1.82) is 0 Å². The number of fused-ring (bicyclic) bond motifs is 1. The molecule has 12 nitrogen and oxygen atoms in total. The number of benzene rings is 3. The van der Waals surface area contributed by atoms with E-state index in [4.69, 9.17) is 34.7 Å². The summed E-state index contributed by atoms with van der Waals surface area (Å²) in [5.41, 5.74) is 15.6. The number of hydrogen-bond acceptors (Lipinski definition) is 7. The fourth-order valence-corrected chi connectivity index (χ4v) is 8.62. The molecular formula is C43H57Cl2N9O3S. The van der Waals surface area contributed by atoms with E-state index in [2.05, 4.69) is 73.2 Å². The quantitative estimate of drug-likeness (QED) is 0.0507. The highest BCUT2D eigenvalue weighted by molar-refractivity contribution is 7.89. The summed E-state index contributed by atoms with van der Waals surface area (Å²) in [6.07, 6.45) is 4.26. The van der Waals surface area contributed by atoms with Gasteiger partial charge in [0.25, 0.3) is 0 Å². The van der Waals surface area contributed by atoms with E-state index in [1.165, 1.54) is 0 Å². The lowest BCUT2D eigenvalue weighted by molar-refractivity contribution is 0.256. The van der Waals surface area contributed by atoms with Crippen LogP contribution >= 0.6 is 23.2 Å². The number of halogens is 2. The van der Waals surface area contributed by atoms with Crippen LogP contribution in [0.15, 0.2) is 93.7 Å². The molecule has 3 heterocycles. The number of aromatic amines is 1. The van der Waals surface area contributed by atoms with Gasteiger partial charge in [-0.2, -0.15) is 9.29 Å². The first-order valence-corrected chi connectivity index (χ1v) is 21.8. The molecule has 0 amide bonds. The van der Waals surface area contributed by atoms with Crippen molar-refractivity contribution in [2.45, 2.75) is 95.7 Å². The summed E-state index contributed by atoms with van der Waals surface area (Å²) < 4.78 is 30.6. The fraction of sp³-hybridized carbons (Fsp3) is 0.419. The number of nitrogens with zero attached hydrogens (tertiary/aromatic N) is 4. The molecule has 312 valence electrons. The number of H-pyrrole nitrogens is 1. The molecular weight excluding hydrogens is 794 g/mol. The summed E-state index contributed by atoms with van der Waals surface area (Å²) in [4.78, 5) is 24.2. The van der Waals surface area contributed by atoms with E-state index < -0.39 is 10.0 Å². The molecule has 0 unspecified atom stereocenters. The van der Waals surface area contributed by atoms with Crippen LogP contribution in [0.1, 0.15) is 83.2 Å². The SMILES string of the molecule is CC(C)(C)c1cc2cn(-c3ccc(CNCCCN=C(N)N)cc3)c(=O)nc2[nH]1.CC(C)(C)c1cccc(S(=O)(=O)N(Cc2ccc(Cl)c(Cl)c2)C2CCNCC2)c1. The van der Waals surface area contributed by atoms with Crippen LogP contribution in [0.25, 0.3) is 16.7 Å². The first-order chi connectivity index (χ1) is 27.3. The number of nitrogens with two attached hydrogens (primary N) is 2. The van der Waals surface area contributed by atoms with Crippen LogP contribution in [-0.4, -0.2) is 65.4 Å². The van der Waals surface area contributed by atoms with E-state index >= 15 is 0 Å². The van der Waals surface area contributed by atoms with Crippen LogP contribution < -0.4 is 27.8 Å². The Morgan fingerprint density at radius 3 is 2.26 bits per heavy atom. The van der Waals surface area contributed by atoms with Gasteiger partial charge in [-0.05, 0) is 103 Å². The number of nitrogens with one attached hydrogen (secondary N) is 3. The number of piperidine rings is 1. The average Bonchev–Trinajstić information content (AvgIpc) is 3.60. The average molecular weight is 851 g/mol. The van der Waals surface area contributed by atoms with Crippen LogP contribution in [0.3, 0.4) is 0 Å². The van der Waals surface area contributed by atoms with E-state index in [1.807, 2.05) is 48.7 Å². The summed E-state index contributed by atoms with van der Waals surface area (Å²) in [5, 5.41) is 8.47. The number of aliphatic imine (C=N–C) groups is 1. The molecule has 15 heteroatoms. The normalized spacial score (nSPS) is 14.0. The molecule has 1 aliphatic rings. The molecule has 0 radical (unpaired) electrons. The molecule has 0 spiro atoms. The molecule has 1 aliphatic heterocycles. The van der Waals surface area contributed by atoms with Crippen molar-refractivity contribution in [3.63, 3.8) is 0 Å². The minimum absolute atomic E-state index is 0.0352. The van der Waals surface area contributed by atoms with Gasteiger partial charge in [0.15, 0.2) is 5.96 Å². The number of sulfonamides is 1. The van der Waals surface area contributed by atoms with Gasteiger partial charge >= 0.3 is 5.69 Å². The molecule has 2 aromatic heterocycles. The van der Waals surface area contributed by atoms with Gasteiger partial charge in [-0.15, -0.1) is 0 Å². The zero-order chi connectivity index (χ0) is 42.3. The molecule has 0 atom stereocenters. The van der Waals surface area contributed by atoms with Crippen molar-refractivity contribution in [2.75, 3.05) is 26.2 Å². The van der Waals surface area contributed by atoms with Gasteiger partial charge in [0, 0.05) is 48.4 Å². The van der Waals surface area contributed by atoms with Gasteiger partial charge < -0.3 is 27.1 Å². The second-order valence-electron chi connectivity index (χ2n) is 16.7. The second-order valence-corrected chi connectivity index (χ2v) is 19.4. The Balaban J connectivity index is 0.000000221. The van der Waals surface area contributed by atoms with Gasteiger partial charge in [-0.3, -0.25) is 9.56 Å². The number of rotatable bonds is 12. The van der Waals surface area contributed by atoms with Crippen molar-refractivity contribution in [3.8, 4) is 5.69 Å². The highest BCUT2D eigenvalue weighted by Crippen LogP contribution is 2.31. The van der Waals surface area contributed by atoms with Gasteiger partial charge in [0.05, 0.1) is 20.6 Å². The molecule has 7 N–H and O–H groups in total. The van der Waals surface area contributed by atoms with Crippen molar-refractivity contribution < 1.29 is 8.42 Å². The predicted octanol–water partition coefficient (Wildman–Crippen LogP) is 7.00. The molecule has 0 saturated carbocycles. The minimum Gasteiger partial charge on any atom is -0.370 e. The Morgan fingerprint density at radius 1 is 0.931 bits per heavy atom. The number of guanidine groups is 1. The van der Waals surface area contributed by atoms with E-state index in [0.717, 1.165) is 78.9 Å². The lowest BCUT2D eigenvalue weighted by Gasteiger charge is -2.34. The van der Waals surface area contributed by atoms with Crippen LogP contribution in [0.2, 0.25) is 10.0 Å². The number of aromatic nitrogens is 3. The van der Waals surface area contributed by atoms with Crippen LogP contribution in [0, 0.1) is 0 Å². The Kier molecular flexibility index (Phi) is 14.9. The lowest BCUT2D eigenvalue weighted by atomic mass is 9.87. The van der Waals surface area contributed by atoms with Gasteiger partial charge in [-0.1, -0.05) is 95.1 Å². The number of hydrogen-bond donors (Lipinski definition) is 5. The smallest absolute Gasteiger partial charge is 0.354 e. The van der Waals surface area contributed by atoms with Crippen LogP contribution in [0.4, 0.5) is 0 Å². The molecule has 1 fully saturated rings. The van der Waals surface area contributed by atoms with Crippen molar-refractivity contribution in [2.24, 2.45) is 16.5 Å². The molecule has 0 bridgehead atoms. The maximum Gasteiger partial charge on any atom is 0.354 e. The maximum absolute atomic E-state index is 13.7. The Labute approximate surface area is 352 Å². The molecule has 1 saturated heterocycles. The highest BCUT2D eigenvalue weighted by atomic mass is 35.5. The van der Waals surface area contributed by atoms with Gasteiger partial charge in [0.2, 0.25) is 10.0 Å². The Bertz CT molecular complexity index is 2350. The van der Waals surface area contributed by atoms with E-state index in [1.54, 1.807) is 33.1 Å². The Morgan fingerprint density at radius 2 is 1.62 bits per heavy atom. The second kappa shape index (κ2) is 19.2.